The van der Waals surface area contributed by atoms with Crippen LogP contribution in [0.3, 0.4) is 0 Å². The first-order valence-electron chi connectivity index (χ1n) is 6.51. The molecule has 104 valence electrons. The van der Waals surface area contributed by atoms with Gasteiger partial charge in [-0.25, -0.2) is 4.39 Å². The van der Waals surface area contributed by atoms with Crippen LogP contribution in [0.2, 0.25) is 0 Å². The topological polar surface area (TPSA) is 65.1 Å². The van der Waals surface area contributed by atoms with Crippen molar-refractivity contribution in [2.45, 2.75) is 5.60 Å². The number of nitrogens with one attached hydrogen (secondary N) is 2. The third-order valence-corrected chi connectivity index (χ3v) is 3.93. The van der Waals surface area contributed by atoms with Crippen LogP contribution in [0.4, 0.5) is 10.1 Å². The number of carbonyl (C=O) groups excluding carboxylic acids is 1. The quantitative estimate of drug-likeness (QED) is 0.642. The molecule has 1 atom stereocenters. The van der Waals surface area contributed by atoms with Crippen molar-refractivity contribution in [3.05, 3.63) is 65.6 Å². The molecule has 1 aromatic heterocycles. The molecular weight excluding hydrogens is 271 g/mol. The van der Waals surface area contributed by atoms with E-state index < -0.39 is 17.3 Å². The second-order valence-electron chi connectivity index (χ2n) is 5.10. The number of aromatic amines is 1. The zero-order valence-corrected chi connectivity index (χ0v) is 10.9. The molecule has 1 amide bonds. The molecule has 1 unspecified atom stereocenters. The smallest absolute Gasteiger partial charge is 0.265 e. The van der Waals surface area contributed by atoms with Gasteiger partial charge in [-0.05, 0) is 24.3 Å². The highest BCUT2D eigenvalue weighted by Gasteiger charge is 2.48. The van der Waals surface area contributed by atoms with Gasteiger partial charge in [0, 0.05) is 33.9 Å². The van der Waals surface area contributed by atoms with Gasteiger partial charge in [-0.3, -0.25) is 4.79 Å². The summed E-state index contributed by atoms with van der Waals surface area (Å²) in [5.41, 5.74) is -0.0122. The molecule has 3 N–H and O–H groups in total. The normalized spacial score (nSPS) is 20.6. The molecule has 2 aromatic carbocycles. The molecule has 5 heteroatoms. The van der Waals surface area contributed by atoms with E-state index in [4.69, 9.17) is 0 Å². The molecule has 0 radical (unpaired) electrons. The van der Waals surface area contributed by atoms with E-state index in [0.29, 0.717) is 11.3 Å². The number of amides is 1. The summed E-state index contributed by atoms with van der Waals surface area (Å²) >= 11 is 0. The number of H-pyrrole nitrogens is 1. The zero-order valence-electron chi connectivity index (χ0n) is 10.9. The Kier molecular flexibility index (Phi) is 2.26. The second-order valence-corrected chi connectivity index (χ2v) is 5.10. The van der Waals surface area contributed by atoms with Gasteiger partial charge in [0.25, 0.3) is 5.91 Å². The van der Waals surface area contributed by atoms with Gasteiger partial charge < -0.3 is 15.4 Å². The van der Waals surface area contributed by atoms with Crippen molar-refractivity contribution in [3.8, 4) is 0 Å². The number of fused-ring (bicyclic) bond motifs is 2. The lowest BCUT2D eigenvalue weighted by Gasteiger charge is -2.20. The van der Waals surface area contributed by atoms with Crippen LogP contribution in [-0.4, -0.2) is 16.0 Å². The van der Waals surface area contributed by atoms with Crippen molar-refractivity contribution in [1.29, 1.82) is 0 Å². The lowest BCUT2D eigenvalue weighted by molar-refractivity contribution is -0.129. The van der Waals surface area contributed by atoms with Crippen LogP contribution in [0.5, 0.6) is 0 Å². The van der Waals surface area contributed by atoms with Crippen LogP contribution in [0.1, 0.15) is 11.1 Å². The van der Waals surface area contributed by atoms with Gasteiger partial charge >= 0.3 is 0 Å². The summed E-state index contributed by atoms with van der Waals surface area (Å²) in [5.74, 6) is -1.07. The number of rotatable bonds is 1. The SMILES string of the molecule is O=C1Nc2ccc(F)cc2C1(O)c1c[nH]c2ccccc12. The Morgan fingerprint density at radius 3 is 2.76 bits per heavy atom. The van der Waals surface area contributed by atoms with Gasteiger partial charge in [-0.15, -0.1) is 0 Å². The van der Waals surface area contributed by atoms with Gasteiger partial charge in [-0.1, -0.05) is 18.2 Å². The number of para-hydroxylation sites is 1. The van der Waals surface area contributed by atoms with Crippen LogP contribution in [0, 0.1) is 5.82 Å². The van der Waals surface area contributed by atoms with Crippen LogP contribution in [-0.2, 0) is 10.4 Å². The molecule has 3 aromatic rings. The lowest BCUT2D eigenvalue weighted by Crippen LogP contribution is -2.35. The summed E-state index contributed by atoms with van der Waals surface area (Å²) in [6.45, 7) is 0. The van der Waals surface area contributed by atoms with Gasteiger partial charge in [0.15, 0.2) is 5.60 Å². The van der Waals surface area contributed by atoms with Gasteiger partial charge in [-0.2, -0.15) is 0 Å². The molecule has 4 nitrogen and oxygen atoms in total. The van der Waals surface area contributed by atoms with Crippen molar-refractivity contribution in [2.24, 2.45) is 0 Å². The minimum atomic E-state index is -1.89. The molecule has 0 saturated carbocycles. The van der Waals surface area contributed by atoms with E-state index in [9.17, 15) is 14.3 Å². The van der Waals surface area contributed by atoms with Crippen molar-refractivity contribution >= 4 is 22.5 Å². The molecule has 0 spiro atoms. The molecule has 0 fully saturated rings. The maximum Gasteiger partial charge on any atom is 0.265 e. The Morgan fingerprint density at radius 2 is 1.90 bits per heavy atom. The summed E-state index contributed by atoms with van der Waals surface area (Å²) in [6.07, 6.45) is 1.59. The minimum absolute atomic E-state index is 0.234. The Balaban J connectivity index is 2.03. The minimum Gasteiger partial charge on any atom is -0.372 e. The molecule has 2 heterocycles. The third kappa shape index (κ3) is 1.49. The summed E-state index contributed by atoms with van der Waals surface area (Å²) in [7, 11) is 0. The summed E-state index contributed by atoms with van der Waals surface area (Å²) in [6, 6.07) is 11.2. The zero-order chi connectivity index (χ0) is 14.6. The second kappa shape index (κ2) is 3.93. The Bertz CT molecular complexity index is 887. The van der Waals surface area contributed by atoms with Crippen molar-refractivity contribution in [2.75, 3.05) is 5.32 Å². The number of carbonyl (C=O) groups is 1. The molecular formula is C16H11FN2O2. The van der Waals surface area contributed by atoms with Crippen LogP contribution in [0.25, 0.3) is 10.9 Å². The monoisotopic (exact) mass is 282 g/mol. The maximum atomic E-state index is 13.5. The Morgan fingerprint density at radius 1 is 1.10 bits per heavy atom. The van der Waals surface area contributed by atoms with E-state index in [1.807, 2.05) is 24.3 Å². The predicted octanol–water partition coefficient (Wildman–Crippen LogP) is 2.50. The van der Waals surface area contributed by atoms with Crippen LogP contribution < -0.4 is 5.32 Å². The molecule has 0 saturated heterocycles. The van der Waals surface area contributed by atoms with Crippen molar-refractivity contribution < 1.29 is 14.3 Å². The predicted molar refractivity (Wildman–Crippen MR) is 76.3 cm³/mol. The fourth-order valence-corrected chi connectivity index (χ4v) is 2.90. The highest BCUT2D eigenvalue weighted by atomic mass is 19.1. The first kappa shape index (κ1) is 12.1. The lowest BCUT2D eigenvalue weighted by atomic mass is 9.87. The largest absolute Gasteiger partial charge is 0.372 e. The van der Waals surface area contributed by atoms with Crippen molar-refractivity contribution in [1.82, 2.24) is 4.98 Å². The van der Waals surface area contributed by atoms with E-state index in [-0.39, 0.29) is 5.56 Å². The fourth-order valence-electron chi connectivity index (χ4n) is 2.90. The average Bonchev–Trinajstić information content (AvgIpc) is 3.01. The van der Waals surface area contributed by atoms with Gasteiger partial charge in [0.05, 0.1) is 0 Å². The number of hydrogen-bond acceptors (Lipinski definition) is 2. The molecule has 0 bridgehead atoms. The third-order valence-electron chi connectivity index (χ3n) is 3.93. The van der Waals surface area contributed by atoms with Crippen molar-refractivity contribution in [3.63, 3.8) is 0 Å². The summed E-state index contributed by atoms with van der Waals surface area (Å²) in [4.78, 5) is 15.3. The molecule has 1 aliphatic heterocycles. The molecule has 1 aliphatic rings. The molecule has 21 heavy (non-hydrogen) atoms. The number of aliphatic hydroxyl groups is 1. The van der Waals surface area contributed by atoms with Gasteiger partial charge in [0.2, 0.25) is 0 Å². The maximum absolute atomic E-state index is 13.5. The molecule has 4 rings (SSSR count). The number of anilines is 1. The highest BCUT2D eigenvalue weighted by Crippen LogP contribution is 2.43. The number of benzene rings is 2. The number of aromatic nitrogens is 1. The van der Waals surface area contributed by atoms with Crippen LogP contribution >= 0.6 is 0 Å². The van der Waals surface area contributed by atoms with E-state index in [2.05, 4.69) is 10.3 Å². The number of hydrogen-bond donors (Lipinski definition) is 3. The average molecular weight is 282 g/mol. The van der Waals surface area contributed by atoms with Gasteiger partial charge in [0.1, 0.15) is 5.82 Å². The highest BCUT2D eigenvalue weighted by molar-refractivity contribution is 6.09. The van der Waals surface area contributed by atoms with Crippen LogP contribution in [0.15, 0.2) is 48.7 Å². The Hall–Kier alpha value is -2.66. The van der Waals surface area contributed by atoms with E-state index in [1.54, 1.807) is 6.20 Å². The molecule has 0 aliphatic carbocycles. The van der Waals surface area contributed by atoms with E-state index in [0.717, 1.165) is 10.9 Å². The van der Waals surface area contributed by atoms with E-state index >= 15 is 0 Å². The standard InChI is InChI=1S/C16H11FN2O2/c17-9-5-6-14-11(7-9)16(21,15(20)19-14)12-8-18-13-4-2-1-3-10(12)13/h1-8,18,21H,(H,19,20). The number of halogens is 1. The summed E-state index contributed by atoms with van der Waals surface area (Å²) in [5, 5.41) is 14.3. The van der Waals surface area contributed by atoms with E-state index in [1.165, 1.54) is 18.2 Å². The summed E-state index contributed by atoms with van der Waals surface area (Å²) < 4.78 is 13.5. The first-order valence-corrected chi connectivity index (χ1v) is 6.51. The first-order chi connectivity index (χ1) is 10.1. The Labute approximate surface area is 119 Å². The fraction of sp³-hybridized carbons (Fsp3) is 0.0625.